The second-order valence-electron chi connectivity index (χ2n) is 6.20. The van der Waals surface area contributed by atoms with E-state index in [-0.39, 0.29) is 5.91 Å². The van der Waals surface area contributed by atoms with E-state index in [4.69, 9.17) is 9.26 Å². The molecule has 1 N–H and O–H groups in total. The summed E-state index contributed by atoms with van der Waals surface area (Å²) in [6.07, 6.45) is 1.82. The molecule has 2 aromatic rings. The van der Waals surface area contributed by atoms with Gasteiger partial charge in [-0.3, -0.25) is 4.79 Å². The summed E-state index contributed by atoms with van der Waals surface area (Å²) < 4.78 is 10.5. The molecule has 26 heavy (non-hydrogen) atoms. The van der Waals surface area contributed by atoms with Crippen molar-refractivity contribution in [3.63, 3.8) is 0 Å². The van der Waals surface area contributed by atoms with Crippen molar-refractivity contribution in [3.05, 3.63) is 40.9 Å². The summed E-state index contributed by atoms with van der Waals surface area (Å²) >= 11 is 1.56. The van der Waals surface area contributed by atoms with E-state index in [9.17, 15) is 4.79 Å². The first kappa shape index (κ1) is 18.7. The molecule has 0 bridgehead atoms. The van der Waals surface area contributed by atoms with Crippen molar-refractivity contribution >= 4 is 23.5 Å². The third-order valence-corrected chi connectivity index (χ3v) is 5.25. The van der Waals surface area contributed by atoms with Crippen LogP contribution in [0.1, 0.15) is 22.6 Å². The van der Waals surface area contributed by atoms with Gasteiger partial charge >= 0.3 is 0 Å². The minimum absolute atomic E-state index is 0.0130. The van der Waals surface area contributed by atoms with Crippen LogP contribution in [0, 0.1) is 13.8 Å². The van der Waals surface area contributed by atoms with Crippen LogP contribution < -0.4 is 10.2 Å². The minimum atomic E-state index is 0.0130. The summed E-state index contributed by atoms with van der Waals surface area (Å²) in [7, 11) is 0. The highest BCUT2D eigenvalue weighted by molar-refractivity contribution is 7.99. The van der Waals surface area contributed by atoms with Gasteiger partial charge in [0, 0.05) is 37.1 Å². The average Bonchev–Trinajstić information content (AvgIpc) is 2.99. The highest BCUT2D eigenvalue weighted by Crippen LogP contribution is 2.19. The molecule has 3 rings (SSSR count). The third kappa shape index (κ3) is 4.98. The number of aryl methyl sites for hydroxylation is 2. The number of aromatic nitrogens is 2. The van der Waals surface area contributed by atoms with Crippen molar-refractivity contribution in [3.8, 4) is 0 Å². The molecule has 0 aliphatic carbocycles. The van der Waals surface area contributed by atoms with E-state index in [1.54, 1.807) is 11.8 Å². The van der Waals surface area contributed by atoms with E-state index in [1.165, 1.54) is 0 Å². The lowest BCUT2D eigenvalue weighted by Gasteiger charge is -2.27. The Labute approximate surface area is 157 Å². The second kappa shape index (κ2) is 9.05. The third-order valence-electron chi connectivity index (χ3n) is 4.29. The van der Waals surface area contributed by atoms with Gasteiger partial charge < -0.3 is 19.5 Å². The summed E-state index contributed by atoms with van der Waals surface area (Å²) in [5.41, 5.74) is 2.96. The summed E-state index contributed by atoms with van der Waals surface area (Å²) in [4.78, 5) is 18.7. The zero-order valence-corrected chi connectivity index (χ0v) is 16.0. The molecule has 3 heterocycles. The van der Waals surface area contributed by atoms with E-state index in [1.807, 2.05) is 32.2 Å². The molecule has 0 unspecified atom stereocenters. The summed E-state index contributed by atoms with van der Waals surface area (Å²) in [5.74, 6) is 2.92. The number of rotatable bonds is 7. The van der Waals surface area contributed by atoms with Crippen molar-refractivity contribution in [2.45, 2.75) is 26.1 Å². The smallest absolute Gasteiger partial charge is 0.230 e. The Hall–Kier alpha value is -2.06. The van der Waals surface area contributed by atoms with Crippen LogP contribution in [0.5, 0.6) is 0 Å². The molecule has 1 aliphatic rings. The molecule has 1 fully saturated rings. The van der Waals surface area contributed by atoms with Crippen molar-refractivity contribution in [2.75, 3.05) is 37.0 Å². The molecule has 0 spiro atoms. The Bertz CT molecular complexity index is 707. The molecule has 0 radical (unpaired) electrons. The van der Waals surface area contributed by atoms with Crippen LogP contribution >= 0.6 is 11.8 Å². The largest absolute Gasteiger partial charge is 0.378 e. The minimum Gasteiger partial charge on any atom is -0.378 e. The highest BCUT2D eigenvalue weighted by Gasteiger charge is 2.12. The molecule has 0 saturated carbocycles. The first-order valence-electron chi connectivity index (χ1n) is 8.67. The number of hydrogen-bond donors (Lipinski definition) is 1. The zero-order chi connectivity index (χ0) is 18.4. The number of anilines is 1. The fraction of sp³-hybridized carbons (Fsp3) is 0.500. The Morgan fingerprint density at radius 1 is 1.31 bits per heavy atom. The molecule has 1 saturated heterocycles. The Kier molecular flexibility index (Phi) is 6.51. The van der Waals surface area contributed by atoms with E-state index in [2.05, 4.69) is 20.4 Å². The zero-order valence-electron chi connectivity index (χ0n) is 15.2. The number of pyridine rings is 1. The number of thioether (sulfide) groups is 1. The average molecular weight is 376 g/mol. The number of morpholine rings is 1. The molecular formula is C18H24N4O3S. The lowest BCUT2D eigenvalue weighted by atomic mass is 10.2. The molecule has 0 atom stereocenters. The van der Waals surface area contributed by atoms with Gasteiger partial charge in [-0.15, -0.1) is 11.8 Å². The van der Waals surface area contributed by atoms with E-state index < -0.39 is 0 Å². The quantitative estimate of drug-likeness (QED) is 0.792. The number of hydrogen-bond acceptors (Lipinski definition) is 7. The van der Waals surface area contributed by atoms with Gasteiger partial charge in [-0.05, 0) is 25.5 Å². The molecule has 1 aliphatic heterocycles. The van der Waals surface area contributed by atoms with Crippen LogP contribution in [0.2, 0.25) is 0 Å². The SMILES string of the molecule is Cc1noc(C)c1CSCC(=O)NCc1ccc(N2CCOCC2)nc1. The van der Waals surface area contributed by atoms with Gasteiger partial charge in [0.05, 0.1) is 24.7 Å². The van der Waals surface area contributed by atoms with Crippen molar-refractivity contribution in [2.24, 2.45) is 0 Å². The normalized spacial score (nSPS) is 14.5. The Morgan fingerprint density at radius 2 is 2.12 bits per heavy atom. The standard InChI is InChI=1S/C18H24N4O3S/c1-13-16(14(2)25-21-13)11-26-12-18(23)20-10-15-3-4-17(19-9-15)22-5-7-24-8-6-22/h3-4,9H,5-8,10-12H2,1-2H3,(H,20,23). The van der Waals surface area contributed by atoms with Crippen LogP contribution in [0.4, 0.5) is 5.82 Å². The number of nitrogens with one attached hydrogen (secondary N) is 1. The van der Waals surface area contributed by atoms with Gasteiger partial charge in [-0.2, -0.15) is 0 Å². The second-order valence-corrected chi connectivity index (χ2v) is 7.18. The predicted molar refractivity (Wildman–Crippen MR) is 101 cm³/mol. The van der Waals surface area contributed by atoms with Crippen LogP contribution in [0.3, 0.4) is 0 Å². The topological polar surface area (TPSA) is 80.5 Å². The molecular weight excluding hydrogens is 352 g/mol. The summed E-state index contributed by atoms with van der Waals surface area (Å²) in [6.45, 7) is 7.51. The van der Waals surface area contributed by atoms with Crippen LogP contribution in [0.25, 0.3) is 0 Å². The number of nitrogens with zero attached hydrogens (tertiary/aromatic N) is 3. The molecule has 2 aromatic heterocycles. The molecule has 8 heteroatoms. The van der Waals surface area contributed by atoms with Crippen LogP contribution in [-0.4, -0.2) is 48.1 Å². The van der Waals surface area contributed by atoms with Gasteiger partial charge in [0.15, 0.2) is 0 Å². The summed E-state index contributed by atoms with van der Waals surface area (Å²) in [6, 6.07) is 4.01. The fourth-order valence-electron chi connectivity index (χ4n) is 2.71. The van der Waals surface area contributed by atoms with Gasteiger partial charge in [0.1, 0.15) is 11.6 Å². The number of carbonyl (C=O) groups excluding carboxylic acids is 1. The predicted octanol–water partition coefficient (Wildman–Crippen LogP) is 2.07. The monoisotopic (exact) mass is 376 g/mol. The molecule has 0 aromatic carbocycles. The molecule has 7 nitrogen and oxygen atoms in total. The van der Waals surface area contributed by atoms with Crippen molar-refractivity contribution in [1.29, 1.82) is 0 Å². The first-order valence-corrected chi connectivity index (χ1v) is 9.83. The number of carbonyl (C=O) groups is 1. The van der Waals surface area contributed by atoms with Crippen molar-refractivity contribution in [1.82, 2.24) is 15.5 Å². The van der Waals surface area contributed by atoms with E-state index >= 15 is 0 Å². The summed E-state index contributed by atoms with van der Waals surface area (Å²) in [5, 5.41) is 6.86. The van der Waals surface area contributed by atoms with Gasteiger partial charge in [0.25, 0.3) is 0 Å². The fourth-order valence-corrected chi connectivity index (χ4v) is 3.71. The molecule has 140 valence electrons. The van der Waals surface area contributed by atoms with Gasteiger partial charge in [-0.25, -0.2) is 4.98 Å². The maximum absolute atomic E-state index is 12.0. The first-order chi connectivity index (χ1) is 12.6. The van der Waals surface area contributed by atoms with Gasteiger partial charge in [-0.1, -0.05) is 11.2 Å². The van der Waals surface area contributed by atoms with Crippen LogP contribution in [0.15, 0.2) is 22.9 Å². The lowest BCUT2D eigenvalue weighted by molar-refractivity contribution is -0.118. The number of amides is 1. The number of ether oxygens (including phenoxy) is 1. The molecule has 1 amide bonds. The lowest BCUT2D eigenvalue weighted by Crippen LogP contribution is -2.36. The maximum Gasteiger partial charge on any atom is 0.230 e. The van der Waals surface area contributed by atoms with Crippen molar-refractivity contribution < 1.29 is 14.1 Å². The Morgan fingerprint density at radius 3 is 2.77 bits per heavy atom. The Balaban J connectivity index is 1.40. The van der Waals surface area contributed by atoms with Crippen LogP contribution in [-0.2, 0) is 21.8 Å². The highest BCUT2D eigenvalue weighted by atomic mass is 32.2. The van der Waals surface area contributed by atoms with E-state index in [0.29, 0.717) is 12.3 Å². The van der Waals surface area contributed by atoms with E-state index in [0.717, 1.165) is 60.5 Å². The van der Waals surface area contributed by atoms with Gasteiger partial charge in [0.2, 0.25) is 5.91 Å². The maximum atomic E-state index is 12.0.